The number of nitriles is 1. The van der Waals surface area contributed by atoms with Gasteiger partial charge in [-0.3, -0.25) is 4.79 Å². The standard InChI is InChI=1S/C10H9FN2O2/c1-15-8-4-2-3-7(11)9(8)10(14)13-6-5-12/h2-4H,6H2,1H3,(H,13,14). The first kappa shape index (κ1) is 11.0. The highest BCUT2D eigenvalue weighted by Crippen LogP contribution is 2.20. The summed E-state index contributed by atoms with van der Waals surface area (Å²) >= 11 is 0. The van der Waals surface area contributed by atoms with Gasteiger partial charge in [0.05, 0.1) is 13.2 Å². The molecule has 4 nitrogen and oxygen atoms in total. The Kier molecular flexibility index (Phi) is 3.63. The van der Waals surface area contributed by atoms with Crippen LogP contribution >= 0.6 is 0 Å². The Labute approximate surface area is 86.3 Å². The predicted molar refractivity (Wildman–Crippen MR) is 50.9 cm³/mol. The van der Waals surface area contributed by atoms with E-state index in [0.29, 0.717) is 0 Å². The molecule has 1 N–H and O–H groups in total. The number of amides is 1. The van der Waals surface area contributed by atoms with Crippen LogP contribution in [0.5, 0.6) is 5.75 Å². The summed E-state index contributed by atoms with van der Waals surface area (Å²) in [5, 5.41) is 10.5. The van der Waals surface area contributed by atoms with Gasteiger partial charge in [-0.2, -0.15) is 5.26 Å². The molecule has 1 aromatic carbocycles. The summed E-state index contributed by atoms with van der Waals surface area (Å²) in [4.78, 5) is 11.4. The van der Waals surface area contributed by atoms with Gasteiger partial charge in [-0.15, -0.1) is 0 Å². The summed E-state index contributed by atoms with van der Waals surface area (Å²) in [6, 6.07) is 5.80. The molecule has 0 fully saturated rings. The lowest BCUT2D eigenvalue weighted by Gasteiger charge is -2.07. The van der Waals surface area contributed by atoms with Crippen molar-refractivity contribution in [1.82, 2.24) is 5.32 Å². The normalized spacial score (nSPS) is 9.13. The molecule has 78 valence electrons. The van der Waals surface area contributed by atoms with Crippen molar-refractivity contribution < 1.29 is 13.9 Å². The van der Waals surface area contributed by atoms with E-state index in [1.807, 2.05) is 0 Å². The summed E-state index contributed by atoms with van der Waals surface area (Å²) < 4.78 is 18.1. The average Bonchev–Trinajstić information content (AvgIpc) is 2.25. The van der Waals surface area contributed by atoms with E-state index in [0.717, 1.165) is 6.07 Å². The minimum atomic E-state index is -0.676. The van der Waals surface area contributed by atoms with Crippen molar-refractivity contribution in [3.05, 3.63) is 29.6 Å². The van der Waals surface area contributed by atoms with Gasteiger partial charge in [-0.1, -0.05) is 6.07 Å². The van der Waals surface area contributed by atoms with Gasteiger partial charge in [0.1, 0.15) is 23.7 Å². The zero-order valence-corrected chi connectivity index (χ0v) is 8.08. The number of halogens is 1. The van der Waals surface area contributed by atoms with Gasteiger partial charge >= 0.3 is 0 Å². The smallest absolute Gasteiger partial charge is 0.258 e. The Hall–Kier alpha value is -2.09. The highest BCUT2D eigenvalue weighted by molar-refractivity contribution is 5.97. The third kappa shape index (κ3) is 2.44. The molecule has 0 aliphatic carbocycles. The third-order valence-electron chi connectivity index (χ3n) is 1.75. The molecule has 0 spiro atoms. The highest BCUT2D eigenvalue weighted by Gasteiger charge is 2.16. The van der Waals surface area contributed by atoms with Gasteiger partial charge in [0.2, 0.25) is 0 Å². The molecule has 0 heterocycles. The lowest BCUT2D eigenvalue weighted by molar-refractivity contribution is 0.0951. The van der Waals surface area contributed by atoms with Crippen LogP contribution in [-0.2, 0) is 0 Å². The second-order valence-corrected chi connectivity index (χ2v) is 2.66. The number of ether oxygens (including phenoxy) is 1. The van der Waals surface area contributed by atoms with Crippen LogP contribution in [0.4, 0.5) is 4.39 Å². The van der Waals surface area contributed by atoms with Crippen LogP contribution in [-0.4, -0.2) is 19.6 Å². The lowest BCUT2D eigenvalue weighted by atomic mass is 10.1. The topological polar surface area (TPSA) is 62.1 Å². The van der Waals surface area contributed by atoms with Crippen LogP contribution in [0, 0.1) is 17.1 Å². The maximum Gasteiger partial charge on any atom is 0.258 e. The molecule has 0 aromatic heterocycles. The molecule has 0 saturated heterocycles. The number of nitrogens with zero attached hydrogens (tertiary/aromatic N) is 1. The van der Waals surface area contributed by atoms with Crippen LogP contribution in [0.3, 0.4) is 0 Å². The first-order valence-electron chi connectivity index (χ1n) is 4.18. The lowest BCUT2D eigenvalue weighted by Crippen LogP contribution is -2.25. The molecular weight excluding hydrogens is 199 g/mol. The Morgan fingerprint density at radius 1 is 1.67 bits per heavy atom. The maximum absolute atomic E-state index is 13.3. The molecule has 0 aliphatic heterocycles. The van der Waals surface area contributed by atoms with Crippen molar-refractivity contribution in [1.29, 1.82) is 5.26 Å². The average molecular weight is 208 g/mol. The number of carbonyl (C=O) groups is 1. The van der Waals surface area contributed by atoms with Gasteiger partial charge in [-0.05, 0) is 12.1 Å². The number of carbonyl (C=O) groups excluding carboxylic acids is 1. The predicted octanol–water partition coefficient (Wildman–Crippen LogP) is 1.09. The van der Waals surface area contributed by atoms with E-state index in [2.05, 4.69) is 5.32 Å². The van der Waals surface area contributed by atoms with Crippen LogP contribution in [0.25, 0.3) is 0 Å². The summed E-state index contributed by atoms with van der Waals surface area (Å²) in [5.41, 5.74) is -0.185. The van der Waals surface area contributed by atoms with Gasteiger partial charge in [-0.25, -0.2) is 4.39 Å². The van der Waals surface area contributed by atoms with E-state index in [1.165, 1.54) is 19.2 Å². The fraction of sp³-hybridized carbons (Fsp3) is 0.200. The van der Waals surface area contributed by atoms with Crippen LogP contribution in [0.2, 0.25) is 0 Å². The van der Waals surface area contributed by atoms with Gasteiger partial charge < -0.3 is 10.1 Å². The molecule has 0 aliphatic rings. The summed E-state index contributed by atoms with van der Waals surface area (Å²) in [6.07, 6.45) is 0. The molecule has 15 heavy (non-hydrogen) atoms. The van der Waals surface area contributed by atoms with E-state index >= 15 is 0 Å². The fourth-order valence-electron chi connectivity index (χ4n) is 1.10. The molecule has 0 atom stereocenters. The Bertz CT molecular complexity index is 412. The zero-order chi connectivity index (χ0) is 11.3. The number of benzene rings is 1. The molecule has 1 rings (SSSR count). The van der Waals surface area contributed by atoms with E-state index in [-0.39, 0.29) is 17.9 Å². The third-order valence-corrected chi connectivity index (χ3v) is 1.75. The molecule has 1 aromatic rings. The number of hydrogen-bond donors (Lipinski definition) is 1. The maximum atomic E-state index is 13.3. The van der Waals surface area contributed by atoms with E-state index in [9.17, 15) is 9.18 Å². The van der Waals surface area contributed by atoms with E-state index in [1.54, 1.807) is 6.07 Å². The molecular formula is C10H9FN2O2. The summed E-state index contributed by atoms with van der Waals surface area (Å²) in [7, 11) is 1.34. The second-order valence-electron chi connectivity index (χ2n) is 2.66. The molecule has 5 heteroatoms. The molecule has 0 bridgehead atoms. The minimum absolute atomic E-state index is 0.144. The van der Waals surface area contributed by atoms with Crippen molar-refractivity contribution in [2.75, 3.05) is 13.7 Å². The minimum Gasteiger partial charge on any atom is -0.496 e. The monoisotopic (exact) mass is 208 g/mol. The quantitative estimate of drug-likeness (QED) is 0.756. The van der Waals surface area contributed by atoms with Crippen molar-refractivity contribution in [2.45, 2.75) is 0 Å². The first-order chi connectivity index (χ1) is 7.20. The number of nitrogens with one attached hydrogen (secondary N) is 1. The summed E-state index contributed by atoms with van der Waals surface area (Å²) in [6.45, 7) is -0.170. The van der Waals surface area contributed by atoms with Crippen molar-refractivity contribution >= 4 is 5.91 Å². The molecule has 0 unspecified atom stereocenters. The Morgan fingerprint density at radius 2 is 2.40 bits per heavy atom. The van der Waals surface area contributed by atoms with Gasteiger partial charge in [0, 0.05) is 0 Å². The highest BCUT2D eigenvalue weighted by atomic mass is 19.1. The SMILES string of the molecule is COc1cccc(F)c1C(=O)NCC#N. The van der Waals surface area contributed by atoms with Crippen LogP contribution in [0.15, 0.2) is 18.2 Å². The van der Waals surface area contributed by atoms with Crippen LogP contribution < -0.4 is 10.1 Å². The Balaban J connectivity index is 3.01. The second kappa shape index (κ2) is 4.96. The van der Waals surface area contributed by atoms with E-state index < -0.39 is 11.7 Å². The number of hydrogen-bond acceptors (Lipinski definition) is 3. The van der Waals surface area contributed by atoms with Crippen LogP contribution in [0.1, 0.15) is 10.4 Å². The number of rotatable bonds is 3. The molecule has 0 saturated carbocycles. The first-order valence-corrected chi connectivity index (χ1v) is 4.18. The summed E-state index contributed by atoms with van der Waals surface area (Å²) in [5.74, 6) is -1.19. The molecule has 1 amide bonds. The Morgan fingerprint density at radius 3 is 3.00 bits per heavy atom. The number of methoxy groups -OCH3 is 1. The van der Waals surface area contributed by atoms with Crippen molar-refractivity contribution in [3.63, 3.8) is 0 Å². The van der Waals surface area contributed by atoms with Crippen molar-refractivity contribution in [2.24, 2.45) is 0 Å². The zero-order valence-electron chi connectivity index (χ0n) is 8.08. The van der Waals surface area contributed by atoms with Crippen molar-refractivity contribution in [3.8, 4) is 11.8 Å². The fourth-order valence-corrected chi connectivity index (χ4v) is 1.10. The largest absolute Gasteiger partial charge is 0.496 e. The van der Waals surface area contributed by atoms with Gasteiger partial charge in [0.25, 0.3) is 5.91 Å². The molecule has 0 radical (unpaired) electrons. The van der Waals surface area contributed by atoms with E-state index in [4.69, 9.17) is 10.00 Å². The van der Waals surface area contributed by atoms with Gasteiger partial charge in [0.15, 0.2) is 0 Å².